The molecule has 2 nitrogen and oxygen atoms in total. The molecule has 78 valence electrons. The molecule has 0 N–H and O–H groups in total. The van der Waals surface area contributed by atoms with Crippen molar-refractivity contribution in [2.75, 3.05) is 13.2 Å². The van der Waals surface area contributed by atoms with Crippen LogP contribution >= 0.6 is 0 Å². The van der Waals surface area contributed by atoms with Gasteiger partial charge in [0, 0.05) is 0 Å². The lowest BCUT2D eigenvalue weighted by Gasteiger charge is -2.15. The van der Waals surface area contributed by atoms with Crippen LogP contribution < -0.4 is 0 Å². The maximum atomic E-state index is 5.78. The normalized spacial score (nSPS) is 23.1. The van der Waals surface area contributed by atoms with E-state index >= 15 is 0 Å². The molecule has 1 fully saturated rings. The van der Waals surface area contributed by atoms with E-state index in [1.165, 1.54) is 32.1 Å². The summed E-state index contributed by atoms with van der Waals surface area (Å²) in [4.78, 5) is 0. The highest BCUT2D eigenvalue weighted by molar-refractivity contribution is 4.69. The van der Waals surface area contributed by atoms with Crippen molar-refractivity contribution >= 4 is 0 Å². The molecule has 0 bridgehead atoms. The van der Waals surface area contributed by atoms with Crippen LogP contribution in [0.5, 0.6) is 0 Å². The summed E-state index contributed by atoms with van der Waals surface area (Å²) in [5.74, 6) is 0. The zero-order valence-electron chi connectivity index (χ0n) is 8.92. The molecule has 0 saturated carbocycles. The second kappa shape index (κ2) is 6.39. The molecule has 13 heavy (non-hydrogen) atoms. The molecule has 0 spiro atoms. The van der Waals surface area contributed by atoms with Gasteiger partial charge in [-0.3, -0.25) is 0 Å². The maximum Gasteiger partial charge on any atom is 0.104 e. The van der Waals surface area contributed by atoms with E-state index in [-0.39, 0.29) is 0 Å². The van der Waals surface area contributed by atoms with Crippen LogP contribution in [0.3, 0.4) is 0 Å². The number of ether oxygens (including phenoxy) is 2. The predicted octanol–water partition coefficient (Wildman–Crippen LogP) is 2.76. The van der Waals surface area contributed by atoms with Crippen molar-refractivity contribution in [2.24, 2.45) is 0 Å². The highest BCUT2D eigenvalue weighted by Crippen LogP contribution is 2.15. The van der Waals surface area contributed by atoms with E-state index in [4.69, 9.17) is 9.47 Å². The lowest BCUT2D eigenvalue weighted by molar-refractivity contribution is 0.0303. The summed E-state index contributed by atoms with van der Waals surface area (Å²) in [5.41, 5.74) is 0. The van der Waals surface area contributed by atoms with Gasteiger partial charge in [-0.25, -0.2) is 0 Å². The molecule has 1 rings (SSSR count). The van der Waals surface area contributed by atoms with Gasteiger partial charge in [-0.05, 0) is 12.8 Å². The molecular formula is C11H22O2. The van der Waals surface area contributed by atoms with Crippen LogP contribution in [-0.2, 0) is 9.47 Å². The molecule has 2 heteroatoms. The smallest absolute Gasteiger partial charge is 0.104 e. The Labute approximate surface area is 81.6 Å². The second-order valence-electron chi connectivity index (χ2n) is 3.84. The Hall–Kier alpha value is -0.0800. The van der Waals surface area contributed by atoms with Crippen LogP contribution in [0.15, 0.2) is 0 Å². The third kappa shape index (κ3) is 5.27. The summed E-state index contributed by atoms with van der Waals surface area (Å²) in [6.45, 7) is 6.17. The number of hydrogen-bond donors (Lipinski definition) is 0. The molecule has 2 unspecified atom stereocenters. The largest absolute Gasteiger partial charge is 0.375 e. The first-order valence-electron chi connectivity index (χ1n) is 5.60. The number of epoxide rings is 1. The fourth-order valence-corrected chi connectivity index (χ4v) is 1.47. The Morgan fingerprint density at radius 2 is 2.08 bits per heavy atom. The zero-order chi connectivity index (χ0) is 9.52. The zero-order valence-corrected chi connectivity index (χ0v) is 8.92. The van der Waals surface area contributed by atoms with Gasteiger partial charge in [0.1, 0.15) is 6.10 Å². The molecule has 0 aromatic rings. The highest BCUT2D eigenvalue weighted by atomic mass is 16.6. The monoisotopic (exact) mass is 186 g/mol. The first-order chi connectivity index (χ1) is 6.36. The Kier molecular flexibility index (Phi) is 5.40. The minimum atomic E-state index is 0.418. The molecule has 0 aromatic carbocycles. The van der Waals surface area contributed by atoms with Gasteiger partial charge in [-0.15, -0.1) is 0 Å². The van der Waals surface area contributed by atoms with Crippen LogP contribution in [0.4, 0.5) is 0 Å². The van der Waals surface area contributed by atoms with E-state index in [0.717, 1.165) is 13.2 Å². The van der Waals surface area contributed by atoms with Crippen molar-refractivity contribution in [2.45, 2.75) is 58.2 Å². The molecule has 0 aromatic heterocycles. The van der Waals surface area contributed by atoms with Gasteiger partial charge in [0.25, 0.3) is 0 Å². The third-order valence-corrected chi connectivity index (χ3v) is 2.41. The summed E-state index contributed by atoms with van der Waals surface area (Å²) < 4.78 is 10.9. The average molecular weight is 186 g/mol. The van der Waals surface area contributed by atoms with Crippen molar-refractivity contribution in [3.63, 3.8) is 0 Å². The van der Waals surface area contributed by atoms with Crippen LogP contribution in [0.25, 0.3) is 0 Å². The second-order valence-corrected chi connectivity index (χ2v) is 3.84. The molecule has 1 aliphatic heterocycles. The van der Waals surface area contributed by atoms with Gasteiger partial charge in [0.2, 0.25) is 0 Å². The quantitative estimate of drug-likeness (QED) is 0.544. The highest BCUT2D eigenvalue weighted by Gasteiger charge is 2.23. The maximum absolute atomic E-state index is 5.78. The van der Waals surface area contributed by atoms with E-state index in [1.54, 1.807) is 0 Å². The summed E-state index contributed by atoms with van der Waals surface area (Å²) >= 11 is 0. The van der Waals surface area contributed by atoms with E-state index in [9.17, 15) is 0 Å². The molecular weight excluding hydrogens is 164 g/mol. The van der Waals surface area contributed by atoms with Crippen molar-refractivity contribution in [3.8, 4) is 0 Å². The fourth-order valence-electron chi connectivity index (χ4n) is 1.47. The molecule has 0 aliphatic carbocycles. The summed E-state index contributed by atoms with van der Waals surface area (Å²) in [6, 6.07) is 0. The van der Waals surface area contributed by atoms with E-state index in [1.807, 2.05) is 0 Å². The van der Waals surface area contributed by atoms with Gasteiger partial charge in [0.05, 0.1) is 19.3 Å². The van der Waals surface area contributed by atoms with E-state index in [0.29, 0.717) is 12.2 Å². The van der Waals surface area contributed by atoms with Crippen LogP contribution in [0.2, 0.25) is 0 Å². The number of unbranched alkanes of at least 4 members (excludes halogenated alkanes) is 1. The number of hydrogen-bond acceptors (Lipinski definition) is 2. The summed E-state index contributed by atoms with van der Waals surface area (Å²) in [7, 11) is 0. The molecule has 0 amide bonds. The average Bonchev–Trinajstić information content (AvgIpc) is 2.93. The van der Waals surface area contributed by atoms with Gasteiger partial charge in [-0.1, -0.05) is 33.1 Å². The minimum Gasteiger partial charge on any atom is -0.375 e. The Balaban J connectivity index is 2.03. The fraction of sp³-hybridized carbons (Fsp3) is 1.00. The van der Waals surface area contributed by atoms with Crippen LogP contribution in [0, 0.1) is 0 Å². The van der Waals surface area contributed by atoms with Crippen molar-refractivity contribution in [1.82, 2.24) is 0 Å². The van der Waals surface area contributed by atoms with Crippen LogP contribution in [-0.4, -0.2) is 25.4 Å². The third-order valence-electron chi connectivity index (χ3n) is 2.41. The van der Waals surface area contributed by atoms with Crippen molar-refractivity contribution in [1.29, 1.82) is 0 Å². The molecule has 1 aliphatic rings. The van der Waals surface area contributed by atoms with Crippen LogP contribution in [0.1, 0.15) is 46.0 Å². The molecule has 1 saturated heterocycles. The van der Waals surface area contributed by atoms with Crippen molar-refractivity contribution in [3.05, 3.63) is 0 Å². The minimum absolute atomic E-state index is 0.418. The van der Waals surface area contributed by atoms with Gasteiger partial charge < -0.3 is 9.47 Å². The predicted molar refractivity (Wildman–Crippen MR) is 53.9 cm³/mol. The first-order valence-corrected chi connectivity index (χ1v) is 5.60. The lowest BCUT2D eigenvalue weighted by atomic mass is 10.1. The van der Waals surface area contributed by atoms with Gasteiger partial charge in [0.15, 0.2) is 0 Å². The van der Waals surface area contributed by atoms with Gasteiger partial charge in [-0.2, -0.15) is 0 Å². The summed E-state index contributed by atoms with van der Waals surface area (Å²) in [5, 5.41) is 0. The van der Waals surface area contributed by atoms with Gasteiger partial charge >= 0.3 is 0 Å². The Bertz CT molecular complexity index is 121. The van der Waals surface area contributed by atoms with E-state index in [2.05, 4.69) is 13.8 Å². The SMILES string of the molecule is CCCCC(CCC)OCC1CO1. The van der Waals surface area contributed by atoms with Crippen molar-refractivity contribution < 1.29 is 9.47 Å². The Morgan fingerprint density at radius 1 is 1.31 bits per heavy atom. The summed E-state index contributed by atoms with van der Waals surface area (Å²) in [6.07, 6.45) is 7.10. The first kappa shape index (κ1) is 11.0. The number of rotatable bonds is 8. The molecule has 0 radical (unpaired) electrons. The van der Waals surface area contributed by atoms with E-state index < -0.39 is 0 Å². The molecule has 1 heterocycles. The Morgan fingerprint density at radius 3 is 2.62 bits per heavy atom. The standard InChI is InChI=1S/C11H22O2/c1-3-5-7-10(6-4-2)12-8-11-9-13-11/h10-11H,3-9H2,1-2H3. The topological polar surface area (TPSA) is 21.8 Å². The molecule has 2 atom stereocenters. The lowest BCUT2D eigenvalue weighted by Crippen LogP contribution is -2.16.